The molecule has 0 unspecified atom stereocenters. The predicted molar refractivity (Wildman–Crippen MR) is 76.7 cm³/mol. The summed E-state index contributed by atoms with van der Waals surface area (Å²) in [6.45, 7) is 0. The van der Waals surface area contributed by atoms with E-state index in [1.165, 1.54) is 0 Å². The van der Waals surface area contributed by atoms with E-state index in [4.69, 9.17) is 9.57 Å². The Labute approximate surface area is 123 Å². The summed E-state index contributed by atoms with van der Waals surface area (Å²) in [5.41, 5.74) is 1.23. The van der Waals surface area contributed by atoms with Gasteiger partial charge in [0, 0.05) is 21.3 Å². The second-order valence-electron chi connectivity index (χ2n) is 4.19. The van der Waals surface area contributed by atoms with E-state index >= 15 is 0 Å². The van der Waals surface area contributed by atoms with Gasteiger partial charge in [-0.3, -0.25) is 0 Å². The highest BCUT2D eigenvalue weighted by molar-refractivity contribution is 9.10. The molecular formula is C15H9BrN2O2. The molecule has 0 spiro atoms. The van der Waals surface area contributed by atoms with E-state index in [-0.39, 0.29) is 0 Å². The number of methoxy groups -OCH3 is 1. The van der Waals surface area contributed by atoms with Crippen LogP contribution in [0.2, 0.25) is 0 Å². The topological polar surface area (TPSA) is 54.6 Å². The van der Waals surface area contributed by atoms with Gasteiger partial charge in [-0.15, -0.1) is 0 Å². The fraction of sp³-hybridized carbons (Fsp3) is 0.0667. The van der Waals surface area contributed by atoms with Gasteiger partial charge in [-0.2, -0.15) is 5.26 Å². The number of nitrogens with zero attached hydrogens (tertiary/aromatic N) is 2. The number of hydrogen-bond donors (Lipinski definition) is 0. The van der Waals surface area contributed by atoms with Crippen LogP contribution in [0.1, 0.15) is 5.56 Å². The Hall–Kier alpha value is -2.32. The summed E-state index contributed by atoms with van der Waals surface area (Å²) in [5, 5.41) is 15.0. The van der Waals surface area contributed by atoms with Crippen molar-refractivity contribution in [2.24, 2.45) is 5.16 Å². The minimum absolute atomic E-state index is 0.508. The van der Waals surface area contributed by atoms with Crippen molar-refractivity contribution in [1.29, 1.82) is 5.26 Å². The molecule has 0 aliphatic carbocycles. The number of fused-ring (bicyclic) bond motifs is 2. The van der Waals surface area contributed by atoms with Crippen LogP contribution in [0.15, 0.2) is 46.0 Å². The Morgan fingerprint density at radius 2 is 2.10 bits per heavy atom. The van der Waals surface area contributed by atoms with E-state index in [0.717, 1.165) is 9.69 Å². The first-order valence-corrected chi connectivity index (χ1v) is 6.65. The van der Waals surface area contributed by atoms with Crippen molar-refractivity contribution in [2.45, 2.75) is 0 Å². The van der Waals surface area contributed by atoms with E-state index in [1.807, 2.05) is 12.1 Å². The standard InChI is InChI=1S/C15H9BrN2O2/c1-19-10-3-4-11-13(8-17)12-6-9(16)2-5-14(12)18-20-15(11)7-10/h2-7H,1H3. The molecule has 0 bridgehead atoms. The Morgan fingerprint density at radius 3 is 2.85 bits per heavy atom. The largest absolute Gasteiger partial charge is 0.497 e. The van der Waals surface area contributed by atoms with Gasteiger partial charge in [-0.25, -0.2) is 0 Å². The van der Waals surface area contributed by atoms with E-state index in [9.17, 15) is 5.26 Å². The summed E-state index contributed by atoms with van der Waals surface area (Å²) >= 11 is 3.41. The van der Waals surface area contributed by atoms with Gasteiger partial charge in [0.05, 0.1) is 12.7 Å². The van der Waals surface area contributed by atoms with Gasteiger partial charge in [0.1, 0.15) is 17.2 Å². The summed E-state index contributed by atoms with van der Waals surface area (Å²) < 4.78 is 6.05. The van der Waals surface area contributed by atoms with Gasteiger partial charge in [-0.1, -0.05) is 21.1 Å². The third kappa shape index (κ3) is 2.04. The second-order valence-corrected chi connectivity index (χ2v) is 5.11. The quantitative estimate of drug-likeness (QED) is 0.805. The third-order valence-corrected chi connectivity index (χ3v) is 3.53. The van der Waals surface area contributed by atoms with Gasteiger partial charge in [0.15, 0.2) is 5.75 Å². The van der Waals surface area contributed by atoms with Gasteiger partial charge in [0.25, 0.3) is 0 Å². The van der Waals surface area contributed by atoms with Crippen LogP contribution < -0.4 is 20.2 Å². The van der Waals surface area contributed by atoms with Crippen molar-refractivity contribution in [1.82, 2.24) is 0 Å². The first kappa shape index (κ1) is 12.7. The maximum absolute atomic E-state index is 9.50. The Balaban J connectivity index is 2.39. The summed E-state index contributed by atoms with van der Waals surface area (Å²) in [7, 11) is 1.58. The molecule has 5 heteroatoms. The van der Waals surface area contributed by atoms with Crippen LogP contribution in [0.5, 0.6) is 11.5 Å². The van der Waals surface area contributed by atoms with Crippen LogP contribution in [0, 0.1) is 11.3 Å². The number of halogens is 1. The molecule has 0 radical (unpaired) electrons. The molecule has 4 nitrogen and oxygen atoms in total. The maximum Gasteiger partial charge on any atom is 0.170 e. The Morgan fingerprint density at radius 1 is 1.25 bits per heavy atom. The molecule has 0 saturated carbocycles. The van der Waals surface area contributed by atoms with Gasteiger partial charge >= 0.3 is 0 Å². The predicted octanol–water partition coefficient (Wildman–Crippen LogP) is 2.11. The molecule has 98 valence electrons. The minimum Gasteiger partial charge on any atom is -0.497 e. The van der Waals surface area contributed by atoms with Crippen molar-refractivity contribution in [3.05, 3.63) is 57.0 Å². The molecular weight excluding hydrogens is 320 g/mol. The van der Waals surface area contributed by atoms with Crippen LogP contribution in [-0.2, 0) is 0 Å². The van der Waals surface area contributed by atoms with E-state index < -0.39 is 0 Å². The average molecular weight is 329 g/mol. The van der Waals surface area contributed by atoms with Crippen LogP contribution in [0.3, 0.4) is 0 Å². The van der Waals surface area contributed by atoms with Gasteiger partial charge in [-0.05, 0) is 30.3 Å². The number of benzene rings is 2. The highest BCUT2D eigenvalue weighted by Crippen LogP contribution is 2.29. The molecule has 20 heavy (non-hydrogen) atoms. The molecule has 0 saturated heterocycles. The molecule has 2 aromatic rings. The number of ether oxygens (including phenoxy) is 1. The first-order valence-electron chi connectivity index (χ1n) is 5.86. The fourth-order valence-corrected chi connectivity index (χ4v) is 2.42. The molecule has 0 fully saturated rings. The molecule has 0 atom stereocenters. The molecule has 3 rings (SSSR count). The average Bonchev–Trinajstić information content (AvgIpc) is 2.62. The zero-order valence-electron chi connectivity index (χ0n) is 10.6. The van der Waals surface area contributed by atoms with Crippen LogP contribution in [-0.4, -0.2) is 7.11 Å². The first-order chi connectivity index (χ1) is 9.72. The molecule has 1 aliphatic rings. The molecule has 0 aromatic heterocycles. The van der Waals surface area contributed by atoms with Crippen molar-refractivity contribution in [3.63, 3.8) is 0 Å². The summed E-state index contributed by atoms with van der Waals surface area (Å²) in [5.74, 6) is 1.16. The van der Waals surface area contributed by atoms with E-state index in [0.29, 0.717) is 28.0 Å². The fourth-order valence-electron chi connectivity index (χ4n) is 2.06. The maximum atomic E-state index is 9.50. The Kier molecular flexibility index (Phi) is 3.17. The minimum atomic E-state index is 0.508. The van der Waals surface area contributed by atoms with E-state index in [1.54, 1.807) is 31.4 Å². The lowest BCUT2D eigenvalue weighted by molar-refractivity contribution is 0.321. The van der Waals surface area contributed by atoms with Crippen LogP contribution in [0.25, 0.3) is 5.57 Å². The molecule has 0 amide bonds. The highest BCUT2D eigenvalue weighted by Gasteiger charge is 2.15. The lowest BCUT2D eigenvalue weighted by Gasteiger charge is -2.06. The number of nitriles is 1. The van der Waals surface area contributed by atoms with Crippen molar-refractivity contribution in [2.75, 3.05) is 7.11 Å². The van der Waals surface area contributed by atoms with Crippen LogP contribution in [0.4, 0.5) is 0 Å². The lowest BCUT2D eigenvalue weighted by Crippen LogP contribution is -2.26. The molecule has 1 aliphatic heterocycles. The van der Waals surface area contributed by atoms with Gasteiger partial charge < -0.3 is 9.57 Å². The number of rotatable bonds is 1. The summed E-state index contributed by atoms with van der Waals surface area (Å²) in [4.78, 5) is 5.45. The molecule has 0 N–H and O–H groups in total. The third-order valence-electron chi connectivity index (χ3n) is 3.04. The monoisotopic (exact) mass is 328 g/mol. The summed E-state index contributed by atoms with van der Waals surface area (Å²) in [6, 6.07) is 13.1. The lowest BCUT2D eigenvalue weighted by atomic mass is 10.0. The molecule has 1 heterocycles. The normalized spacial score (nSPS) is 12.2. The smallest absolute Gasteiger partial charge is 0.170 e. The van der Waals surface area contributed by atoms with Crippen LogP contribution >= 0.6 is 15.9 Å². The van der Waals surface area contributed by atoms with Crippen molar-refractivity contribution < 1.29 is 9.57 Å². The van der Waals surface area contributed by atoms with Gasteiger partial charge in [0.2, 0.25) is 0 Å². The SMILES string of the molecule is COc1ccc2c(c1)ON=c1ccc(Br)cc1=C2C#N. The number of hydrogen-bond acceptors (Lipinski definition) is 4. The zero-order valence-corrected chi connectivity index (χ0v) is 12.1. The molecule has 2 aromatic carbocycles. The van der Waals surface area contributed by atoms with E-state index in [2.05, 4.69) is 27.2 Å². The Bertz CT molecular complexity index is 853. The summed E-state index contributed by atoms with van der Waals surface area (Å²) in [6.07, 6.45) is 0. The zero-order chi connectivity index (χ0) is 14.1. The van der Waals surface area contributed by atoms with Crippen molar-refractivity contribution in [3.8, 4) is 17.6 Å². The van der Waals surface area contributed by atoms with Crippen molar-refractivity contribution >= 4 is 21.5 Å². The second kappa shape index (κ2) is 4.99. The highest BCUT2D eigenvalue weighted by atomic mass is 79.9.